The molecule has 0 bridgehead atoms. The van der Waals surface area contributed by atoms with Gasteiger partial charge in [0.1, 0.15) is 0 Å². The van der Waals surface area contributed by atoms with Gasteiger partial charge in [0.05, 0.1) is 17.3 Å². The molecule has 26 heavy (non-hydrogen) atoms. The molecule has 0 radical (unpaired) electrons. The summed E-state index contributed by atoms with van der Waals surface area (Å²) >= 11 is 12.1. The minimum atomic E-state index is -0.0642. The Morgan fingerprint density at radius 2 is 1.69 bits per heavy atom. The predicted octanol–water partition coefficient (Wildman–Crippen LogP) is 4.14. The van der Waals surface area contributed by atoms with E-state index in [1.807, 2.05) is 6.07 Å². The van der Waals surface area contributed by atoms with Crippen molar-refractivity contribution in [2.24, 2.45) is 0 Å². The highest BCUT2D eigenvalue weighted by Crippen LogP contribution is 2.25. The average Bonchev–Trinajstić information content (AvgIpc) is 2.84. The fourth-order valence-corrected chi connectivity index (χ4v) is 3.51. The smallest absolute Gasteiger partial charge is 0.238 e. The van der Waals surface area contributed by atoms with Gasteiger partial charge in [0.2, 0.25) is 5.91 Å². The van der Waals surface area contributed by atoms with Crippen LogP contribution in [0.4, 0.5) is 5.69 Å². The van der Waals surface area contributed by atoms with Crippen molar-refractivity contribution in [2.45, 2.75) is 13.0 Å². The second-order valence-corrected chi connectivity index (χ2v) is 7.41. The van der Waals surface area contributed by atoms with Crippen LogP contribution in [-0.4, -0.2) is 48.4 Å². The first kappa shape index (κ1) is 19.2. The molecule has 1 aliphatic heterocycles. The molecule has 0 spiro atoms. The summed E-state index contributed by atoms with van der Waals surface area (Å²) in [5.41, 5.74) is 1.89. The van der Waals surface area contributed by atoms with E-state index in [-0.39, 0.29) is 5.91 Å². The van der Waals surface area contributed by atoms with E-state index in [2.05, 4.69) is 39.4 Å². The lowest BCUT2D eigenvalue weighted by atomic mass is 10.2. The Morgan fingerprint density at radius 3 is 2.50 bits per heavy atom. The highest BCUT2D eigenvalue weighted by atomic mass is 35.5. The van der Waals surface area contributed by atoms with E-state index in [1.54, 1.807) is 18.2 Å². The van der Waals surface area contributed by atoms with E-state index in [9.17, 15) is 4.79 Å². The largest absolute Gasteiger partial charge is 0.324 e. The number of hydrogen-bond donors (Lipinski definition) is 1. The topological polar surface area (TPSA) is 35.6 Å². The second-order valence-electron chi connectivity index (χ2n) is 6.56. The number of nitrogens with zero attached hydrogens (tertiary/aromatic N) is 2. The Labute approximate surface area is 164 Å². The van der Waals surface area contributed by atoms with Crippen molar-refractivity contribution in [3.8, 4) is 0 Å². The zero-order chi connectivity index (χ0) is 18.4. The standard InChI is InChI=1S/C20H23Cl2N3O/c21-17-7-8-18(22)19(13-17)23-20(26)15-25-10-4-9-24(11-12-25)14-16-5-2-1-3-6-16/h1-3,5-8,13H,4,9-12,14-15H2,(H,23,26). The van der Waals surface area contributed by atoms with Gasteiger partial charge >= 0.3 is 0 Å². The number of carbonyl (C=O) groups excluding carboxylic acids is 1. The Kier molecular flexibility index (Phi) is 6.92. The first-order valence-corrected chi connectivity index (χ1v) is 9.59. The van der Waals surface area contributed by atoms with Crippen molar-refractivity contribution in [2.75, 3.05) is 38.0 Å². The zero-order valence-electron chi connectivity index (χ0n) is 14.6. The van der Waals surface area contributed by atoms with Gasteiger partial charge in [-0.1, -0.05) is 53.5 Å². The number of benzene rings is 2. The molecular weight excluding hydrogens is 369 g/mol. The number of anilines is 1. The third-order valence-electron chi connectivity index (χ3n) is 4.50. The molecule has 0 aromatic heterocycles. The van der Waals surface area contributed by atoms with Crippen LogP contribution in [0.3, 0.4) is 0 Å². The molecular formula is C20H23Cl2N3O. The van der Waals surface area contributed by atoms with Gasteiger partial charge in [-0.15, -0.1) is 0 Å². The fourth-order valence-electron chi connectivity index (χ4n) is 3.17. The molecule has 6 heteroatoms. The molecule has 4 nitrogen and oxygen atoms in total. The molecule has 2 aromatic rings. The minimum absolute atomic E-state index is 0.0642. The molecule has 3 rings (SSSR count). The molecule has 1 saturated heterocycles. The second kappa shape index (κ2) is 9.38. The summed E-state index contributed by atoms with van der Waals surface area (Å²) in [5, 5.41) is 3.90. The predicted molar refractivity (Wildman–Crippen MR) is 108 cm³/mol. The van der Waals surface area contributed by atoms with Gasteiger partial charge in [-0.3, -0.25) is 14.6 Å². The van der Waals surface area contributed by atoms with Gasteiger partial charge in [-0.05, 0) is 43.3 Å². The van der Waals surface area contributed by atoms with Gasteiger partial charge in [0.15, 0.2) is 0 Å². The summed E-state index contributed by atoms with van der Waals surface area (Å²) in [7, 11) is 0. The summed E-state index contributed by atoms with van der Waals surface area (Å²) < 4.78 is 0. The van der Waals surface area contributed by atoms with Crippen LogP contribution < -0.4 is 5.32 Å². The summed E-state index contributed by atoms with van der Waals surface area (Å²) in [4.78, 5) is 17.0. The van der Waals surface area contributed by atoms with E-state index in [0.29, 0.717) is 22.3 Å². The van der Waals surface area contributed by atoms with Crippen LogP contribution in [0.15, 0.2) is 48.5 Å². The highest BCUT2D eigenvalue weighted by Gasteiger charge is 2.17. The van der Waals surface area contributed by atoms with Crippen LogP contribution in [0, 0.1) is 0 Å². The van der Waals surface area contributed by atoms with Gasteiger partial charge in [-0.25, -0.2) is 0 Å². The van der Waals surface area contributed by atoms with Gasteiger partial charge < -0.3 is 5.32 Å². The molecule has 138 valence electrons. The maximum Gasteiger partial charge on any atom is 0.238 e. The molecule has 0 atom stereocenters. The molecule has 1 aliphatic rings. The summed E-state index contributed by atoms with van der Waals surface area (Å²) in [6.45, 7) is 5.12. The third kappa shape index (κ3) is 5.71. The maximum atomic E-state index is 12.4. The van der Waals surface area contributed by atoms with Crippen LogP contribution in [0.25, 0.3) is 0 Å². The fraction of sp³-hybridized carbons (Fsp3) is 0.350. The van der Waals surface area contributed by atoms with Crippen LogP contribution in [-0.2, 0) is 11.3 Å². The Balaban J connectivity index is 1.49. The van der Waals surface area contributed by atoms with Crippen LogP contribution >= 0.6 is 23.2 Å². The lowest BCUT2D eigenvalue weighted by Gasteiger charge is -2.21. The number of carbonyl (C=O) groups is 1. The first-order valence-electron chi connectivity index (χ1n) is 8.84. The van der Waals surface area contributed by atoms with E-state index in [0.717, 1.165) is 39.1 Å². The van der Waals surface area contributed by atoms with Gasteiger partial charge in [-0.2, -0.15) is 0 Å². The van der Waals surface area contributed by atoms with Crippen molar-refractivity contribution >= 4 is 34.8 Å². The van der Waals surface area contributed by atoms with Gasteiger partial charge in [0, 0.05) is 24.7 Å². The number of amides is 1. The van der Waals surface area contributed by atoms with Crippen molar-refractivity contribution in [1.29, 1.82) is 0 Å². The van der Waals surface area contributed by atoms with Crippen LogP contribution in [0.2, 0.25) is 10.0 Å². The maximum absolute atomic E-state index is 12.4. The summed E-state index contributed by atoms with van der Waals surface area (Å²) in [6.07, 6.45) is 1.05. The van der Waals surface area contributed by atoms with Gasteiger partial charge in [0.25, 0.3) is 0 Å². The molecule has 0 aliphatic carbocycles. The normalized spacial score (nSPS) is 16.2. The minimum Gasteiger partial charge on any atom is -0.324 e. The quantitative estimate of drug-likeness (QED) is 0.831. The number of hydrogen-bond acceptors (Lipinski definition) is 3. The molecule has 0 saturated carbocycles. The van der Waals surface area contributed by atoms with Crippen molar-refractivity contribution in [3.63, 3.8) is 0 Å². The summed E-state index contributed by atoms with van der Waals surface area (Å²) in [6, 6.07) is 15.6. The van der Waals surface area contributed by atoms with E-state index in [4.69, 9.17) is 23.2 Å². The SMILES string of the molecule is O=C(CN1CCCN(Cc2ccccc2)CC1)Nc1cc(Cl)ccc1Cl. The van der Waals surface area contributed by atoms with E-state index < -0.39 is 0 Å². The Hall–Kier alpha value is -1.59. The van der Waals surface area contributed by atoms with Crippen molar-refractivity contribution < 1.29 is 4.79 Å². The zero-order valence-corrected chi connectivity index (χ0v) is 16.1. The average molecular weight is 392 g/mol. The molecule has 2 aromatic carbocycles. The Bertz CT molecular complexity index is 739. The first-order chi connectivity index (χ1) is 12.6. The Morgan fingerprint density at radius 1 is 0.962 bits per heavy atom. The molecule has 1 amide bonds. The molecule has 1 N–H and O–H groups in total. The highest BCUT2D eigenvalue weighted by molar-refractivity contribution is 6.35. The third-order valence-corrected chi connectivity index (χ3v) is 5.06. The van der Waals surface area contributed by atoms with E-state index in [1.165, 1.54) is 5.56 Å². The van der Waals surface area contributed by atoms with E-state index >= 15 is 0 Å². The molecule has 1 fully saturated rings. The lowest BCUT2D eigenvalue weighted by molar-refractivity contribution is -0.117. The number of rotatable bonds is 5. The van der Waals surface area contributed by atoms with Crippen molar-refractivity contribution in [3.05, 3.63) is 64.1 Å². The number of nitrogens with one attached hydrogen (secondary N) is 1. The molecule has 0 unspecified atom stereocenters. The van der Waals surface area contributed by atoms with Crippen LogP contribution in [0.5, 0.6) is 0 Å². The molecule has 1 heterocycles. The lowest BCUT2D eigenvalue weighted by Crippen LogP contribution is -2.36. The number of halogens is 2. The van der Waals surface area contributed by atoms with Crippen molar-refractivity contribution in [1.82, 2.24) is 9.80 Å². The van der Waals surface area contributed by atoms with Crippen LogP contribution in [0.1, 0.15) is 12.0 Å². The summed E-state index contributed by atoms with van der Waals surface area (Å²) in [5.74, 6) is -0.0642. The monoisotopic (exact) mass is 391 g/mol.